The molecule has 0 aromatic heterocycles. The fraction of sp³-hybridized carbons (Fsp3) is 0.700. The molecule has 0 spiro atoms. The monoisotopic (exact) mass is 200 g/mol. The molecular formula is C10H16O4. The Bertz CT molecular complexity index is 214. The van der Waals surface area contributed by atoms with E-state index in [9.17, 15) is 4.79 Å². The van der Waals surface area contributed by atoms with Crippen LogP contribution in [0.2, 0.25) is 0 Å². The molecule has 80 valence electrons. The first-order chi connectivity index (χ1) is 6.70. The van der Waals surface area contributed by atoms with Crippen LogP contribution in [0.25, 0.3) is 0 Å². The minimum absolute atomic E-state index is 0.222. The van der Waals surface area contributed by atoms with Gasteiger partial charge in [-0.05, 0) is 13.8 Å². The summed E-state index contributed by atoms with van der Waals surface area (Å²) in [5.74, 6) is 4.41. The Morgan fingerprint density at radius 1 is 1.43 bits per heavy atom. The van der Waals surface area contributed by atoms with Gasteiger partial charge in [-0.25, -0.2) is 4.79 Å². The van der Waals surface area contributed by atoms with E-state index >= 15 is 0 Å². The van der Waals surface area contributed by atoms with Crippen LogP contribution in [0.15, 0.2) is 0 Å². The average Bonchev–Trinajstić information content (AvgIpc) is 2.17. The Morgan fingerprint density at radius 2 is 2.14 bits per heavy atom. The van der Waals surface area contributed by atoms with Crippen molar-refractivity contribution in [2.45, 2.75) is 26.6 Å². The van der Waals surface area contributed by atoms with Crippen LogP contribution in [0.5, 0.6) is 0 Å². The van der Waals surface area contributed by atoms with E-state index in [0.717, 1.165) is 0 Å². The van der Waals surface area contributed by atoms with Gasteiger partial charge in [0.15, 0.2) is 6.29 Å². The molecule has 0 bridgehead atoms. The zero-order chi connectivity index (χ0) is 10.8. The van der Waals surface area contributed by atoms with E-state index in [1.165, 1.54) is 7.11 Å². The van der Waals surface area contributed by atoms with E-state index in [-0.39, 0.29) is 6.29 Å². The summed E-state index contributed by atoms with van der Waals surface area (Å²) in [4.78, 5) is 10.5. The van der Waals surface area contributed by atoms with Crippen molar-refractivity contribution in [1.82, 2.24) is 0 Å². The van der Waals surface area contributed by atoms with Gasteiger partial charge >= 0.3 is 5.97 Å². The highest BCUT2D eigenvalue weighted by molar-refractivity contribution is 5.88. The highest BCUT2D eigenvalue weighted by atomic mass is 16.7. The molecule has 0 aromatic rings. The summed E-state index contributed by atoms with van der Waals surface area (Å²) in [6, 6.07) is 0. The third kappa shape index (κ3) is 7.59. The van der Waals surface area contributed by atoms with Crippen molar-refractivity contribution < 1.29 is 19.0 Å². The van der Waals surface area contributed by atoms with Gasteiger partial charge in [0.25, 0.3) is 0 Å². The number of hydrogen-bond acceptors (Lipinski definition) is 4. The summed E-state index contributed by atoms with van der Waals surface area (Å²) in [6.07, 6.45) is 0.270. The number of rotatable bonds is 5. The summed E-state index contributed by atoms with van der Waals surface area (Å²) in [5, 5.41) is 0. The van der Waals surface area contributed by atoms with Gasteiger partial charge < -0.3 is 14.2 Å². The van der Waals surface area contributed by atoms with Crippen molar-refractivity contribution in [3.05, 3.63) is 0 Å². The average molecular weight is 200 g/mol. The standard InChI is InChI=1S/C10H16O4/c1-4-13-9(2)14-8-6-5-7-10(11)12-3/h9H,4,6,8H2,1-3H3/t9-/m0/s1. The van der Waals surface area contributed by atoms with Crippen molar-refractivity contribution in [3.8, 4) is 11.8 Å². The zero-order valence-corrected chi connectivity index (χ0v) is 8.83. The maximum Gasteiger partial charge on any atom is 0.384 e. The Morgan fingerprint density at radius 3 is 2.71 bits per heavy atom. The van der Waals surface area contributed by atoms with E-state index < -0.39 is 5.97 Å². The normalized spacial score (nSPS) is 11.4. The van der Waals surface area contributed by atoms with Gasteiger partial charge in [0.2, 0.25) is 0 Å². The minimum atomic E-state index is -0.525. The molecule has 0 N–H and O–H groups in total. The van der Waals surface area contributed by atoms with E-state index in [1.807, 2.05) is 13.8 Å². The molecule has 0 aliphatic rings. The molecule has 14 heavy (non-hydrogen) atoms. The largest absolute Gasteiger partial charge is 0.459 e. The fourth-order valence-corrected chi connectivity index (χ4v) is 0.744. The third-order valence-corrected chi connectivity index (χ3v) is 1.36. The quantitative estimate of drug-likeness (QED) is 0.218. The summed E-state index contributed by atoms with van der Waals surface area (Å²) in [6.45, 7) is 4.79. The maximum atomic E-state index is 10.5. The van der Waals surface area contributed by atoms with Gasteiger partial charge in [0, 0.05) is 18.9 Å². The minimum Gasteiger partial charge on any atom is -0.459 e. The van der Waals surface area contributed by atoms with Gasteiger partial charge in [-0.15, -0.1) is 0 Å². The smallest absolute Gasteiger partial charge is 0.384 e. The number of ether oxygens (including phenoxy) is 3. The van der Waals surface area contributed by atoms with Gasteiger partial charge in [-0.1, -0.05) is 5.92 Å². The molecule has 4 nitrogen and oxygen atoms in total. The first-order valence-corrected chi connectivity index (χ1v) is 4.50. The Kier molecular flexibility index (Phi) is 7.90. The predicted octanol–water partition coefficient (Wildman–Crippen LogP) is 0.952. The molecule has 0 fully saturated rings. The fourth-order valence-electron chi connectivity index (χ4n) is 0.744. The summed E-state index contributed by atoms with van der Waals surface area (Å²) < 4.78 is 14.7. The van der Waals surface area contributed by atoms with Crippen LogP contribution in [0, 0.1) is 11.8 Å². The lowest BCUT2D eigenvalue weighted by Crippen LogP contribution is -2.13. The van der Waals surface area contributed by atoms with Gasteiger partial charge in [0.1, 0.15) is 0 Å². The van der Waals surface area contributed by atoms with Crippen LogP contribution >= 0.6 is 0 Å². The molecule has 0 unspecified atom stereocenters. The topological polar surface area (TPSA) is 44.8 Å². The molecular weight excluding hydrogens is 184 g/mol. The van der Waals surface area contributed by atoms with Crippen LogP contribution in [0.3, 0.4) is 0 Å². The molecule has 0 saturated carbocycles. The molecule has 0 heterocycles. The molecule has 0 radical (unpaired) electrons. The van der Waals surface area contributed by atoms with E-state index in [0.29, 0.717) is 19.6 Å². The van der Waals surface area contributed by atoms with E-state index in [2.05, 4.69) is 16.6 Å². The van der Waals surface area contributed by atoms with E-state index in [1.54, 1.807) is 0 Å². The molecule has 0 aromatic carbocycles. The number of esters is 1. The maximum absolute atomic E-state index is 10.5. The van der Waals surface area contributed by atoms with Crippen LogP contribution in [0.1, 0.15) is 20.3 Å². The second-order valence-corrected chi connectivity index (χ2v) is 2.44. The molecule has 0 aliphatic heterocycles. The van der Waals surface area contributed by atoms with Crippen molar-refractivity contribution in [3.63, 3.8) is 0 Å². The zero-order valence-electron chi connectivity index (χ0n) is 8.83. The molecule has 0 amide bonds. The molecule has 0 saturated heterocycles. The number of methoxy groups -OCH3 is 1. The van der Waals surface area contributed by atoms with Crippen molar-refractivity contribution in [2.75, 3.05) is 20.3 Å². The Labute approximate surface area is 84.5 Å². The Hall–Kier alpha value is -1.05. The van der Waals surface area contributed by atoms with Crippen LogP contribution in [-0.2, 0) is 19.0 Å². The van der Waals surface area contributed by atoms with Crippen LogP contribution < -0.4 is 0 Å². The summed E-state index contributed by atoms with van der Waals surface area (Å²) >= 11 is 0. The second kappa shape index (κ2) is 8.54. The van der Waals surface area contributed by atoms with Crippen LogP contribution in [-0.4, -0.2) is 32.6 Å². The summed E-state index contributed by atoms with van der Waals surface area (Å²) in [7, 11) is 1.30. The molecule has 0 aliphatic carbocycles. The van der Waals surface area contributed by atoms with Crippen molar-refractivity contribution in [1.29, 1.82) is 0 Å². The third-order valence-electron chi connectivity index (χ3n) is 1.36. The van der Waals surface area contributed by atoms with E-state index in [4.69, 9.17) is 9.47 Å². The van der Waals surface area contributed by atoms with Gasteiger partial charge in [-0.2, -0.15) is 0 Å². The lowest BCUT2D eigenvalue weighted by molar-refractivity contribution is -0.133. The lowest BCUT2D eigenvalue weighted by Gasteiger charge is -2.10. The molecule has 1 atom stereocenters. The Balaban J connectivity index is 3.44. The lowest BCUT2D eigenvalue weighted by atomic mass is 10.4. The molecule has 0 rings (SSSR count). The molecule has 4 heteroatoms. The SMILES string of the molecule is CCO[C@H](C)OCCC#CC(=O)OC. The first kappa shape index (κ1) is 12.9. The summed E-state index contributed by atoms with van der Waals surface area (Å²) in [5.41, 5.74) is 0. The predicted molar refractivity (Wildman–Crippen MR) is 51.4 cm³/mol. The second-order valence-electron chi connectivity index (χ2n) is 2.44. The number of carbonyl (C=O) groups excluding carboxylic acids is 1. The van der Waals surface area contributed by atoms with Gasteiger partial charge in [-0.3, -0.25) is 0 Å². The highest BCUT2D eigenvalue weighted by Gasteiger charge is 1.97. The van der Waals surface area contributed by atoms with Crippen molar-refractivity contribution in [2.24, 2.45) is 0 Å². The highest BCUT2D eigenvalue weighted by Crippen LogP contribution is 1.93. The van der Waals surface area contributed by atoms with Crippen molar-refractivity contribution >= 4 is 5.97 Å². The van der Waals surface area contributed by atoms with Crippen LogP contribution in [0.4, 0.5) is 0 Å². The first-order valence-electron chi connectivity index (χ1n) is 4.50. The number of carbonyl (C=O) groups is 1. The number of hydrogen-bond donors (Lipinski definition) is 0. The van der Waals surface area contributed by atoms with Gasteiger partial charge in [0.05, 0.1) is 13.7 Å².